The summed E-state index contributed by atoms with van der Waals surface area (Å²) in [4.78, 5) is 13.3. The molecule has 2 aromatic carbocycles. The lowest BCUT2D eigenvalue weighted by Gasteiger charge is -2.38. The van der Waals surface area contributed by atoms with Crippen molar-refractivity contribution in [3.8, 4) is 23.5 Å². The van der Waals surface area contributed by atoms with E-state index in [0.29, 0.717) is 84.1 Å². The van der Waals surface area contributed by atoms with Gasteiger partial charge in [0.2, 0.25) is 4.73 Å². The second-order valence-corrected chi connectivity index (χ2v) is 18.7. The Labute approximate surface area is 403 Å². The Morgan fingerprint density at radius 1 is 0.646 bits per heavy atom. The number of hydrogen-bond donors (Lipinski definition) is 1. The molecule has 2 aliphatic carbocycles. The number of aryl methyl sites for hydroxylation is 2. The SMILES string of the molecule is FCCn1nc(Br)nc1Oc1cccc(Cl)c1.FCCn1nc(CC2C3CCC2CN(c2cnnc(Cl)c2)C3)nc1Oc1cccc(Cl)c1.NC1C2CCC1CN(c1cnnc(Cl)c1)C2. The third kappa shape index (κ3) is 12.1. The van der Waals surface area contributed by atoms with Gasteiger partial charge in [-0.15, -0.1) is 15.3 Å². The number of nitrogens with zero attached hydrogens (tertiary/aromatic N) is 12. The molecule has 0 amide bonds. The van der Waals surface area contributed by atoms with E-state index in [1.807, 2.05) is 12.1 Å². The molecule has 10 rings (SSSR count). The van der Waals surface area contributed by atoms with Crippen molar-refractivity contribution in [2.24, 2.45) is 35.3 Å². The normalized spacial score (nSPS) is 21.9. The van der Waals surface area contributed by atoms with Crippen LogP contribution in [0.25, 0.3) is 0 Å². The van der Waals surface area contributed by atoms with E-state index in [1.165, 1.54) is 35.0 Å². The van der Waals surface area contributed by atoms with Gasteiger partial charge in [0.05, 0.1) is 36.9 Å². The molecule has 2 N–H and O–H groups in total. The largest absolute Gasteiger partial charge is 0.424 e. The van der Waals surface area contributed by atoms with Gasteiger partial charge in [0.25, 0.3) is 0 Å². The molecule has 4 aliphatic rings. The number of rotatable bonds is 12. The summed E-state index contributed by atoms with van der Waals surface area (Å²) in [6.07, 6.45) is 9.17. The third-order valence-electron chi connectivity index (χ3n) is 12.2. The zero-order chi connectivity index (χ0) is 45.5. The van der Waals surface area contributed by atoms with E-state index >= 15 is 0 Å². The van der Waals surface area contributed by atoms with Gasteiger partial charge in [0, 0.05) is 60.8 Å². The van der Waals surface area contributed by atoms with Crippen LogP contribution >= 0.6 is 62.3 Å². The highest BCUT2D eigenvalue weighted by molar-refractivity contribution is 9.10. The van der Waals surface area contributed by atoms with E-state index in [9.17, 15) is 8.78 Å². The lowest BCUT2D eigenvalue weighted by atomic mass is 9.82. The maximum Gasteiger partial charge on any atom is 0.321 e. The number of nitrogens with two attached hydrogens (primary N) is 1. The fourth-order valence-corrected chi connectivity index (χ4v) is 10.2. The van der Waals surface area contributed by atoms with Crippen molar-refractivity contribution in [1.82, 2.24) is 49.9 Å². The molecule has 4 fully saturated rings. The highest BCUT2D eigenvalue weighted by Crippen LogP contribution is 2.45. The second kappa shape index (κ2) is 21.9. The Morgan fingerprint density at radius 2 is 1.12 bits per heavy atom. The maximum atomic E-state index is 13.1. The Hall–Kier alpha value is -4.46. The van der Waals surface area contributed by atoms with Crippen LogP contribution in [0.15, 0.2) is 77.8 Å². The summed E-state index contributed by atoms with van der Waals surface area (Å²) in [5.41, 5.74) is 8.26. The molecule has 2 aliphatic heterocycles. The number of fused-ring (bicyclic) bond motifs is 4. The van der Waals surface area contributed by atoms with Crippen molar-refractivity contribution in [1.29, 1.82) is 0 Å². The Morgan fingerprint density at radius 3 is 1.62 bits per heavy atom. The zero-order valence-corrected chi connectivity index (χ0v) is 39.6. The minimum Gasteiger partial charge on any atom is -0.424 e. The lowest BCUT2D eigenvalue weighted by molar-refractivity contribution is 0.265. The first-order valence-electron chi connectivity index (χ1n) is 21.3. The lowest BCUT2D eigenvalue weighted by Crippen LogP contribution is -2.48. The molecule has 2 saturated heterocycles. The third-order valence-corrected chi connectivity index (χ3v) is 13.4. The van der Waals surface area contributed by atoms with Gasteiger partial charge in [0.15, 0.2) is 16.1 Å². The van der Waals surface area contributed by atoms with Crippen LogP contribution in [0.4, 0.5) is 20.2 Å². The van der Waals surface area contributed by atoms with Crippen LogP contribution in [0.5, 0.6) is 23.5 Å². The molecular weight excluding hydrogens is 990 g/mol. The van der Waals surface area contributed by atoms with Gasteiger partial charge in [-0.1, -0.05) is 58.5 Å². The van der Waals surface area contributed by atoms with Crippen molar-refractivity contribution in [3.05, 3.63) is 104 Å². The van der Waals surface area contributed by atoms with Crippen LogP contribution in [0.1, 0.15) is 31.5 Å². The van der Waals surface area contributed by atoms with Gasteiger partial charge < -0.3 is 25.0 Å². The van der Waals surface area contributed by atoms with Crippen molar-refractivity contribution in [2.45, 2.75) is 51.2 Å². The van der Waals surface area contributed by atoms with Crippen LogP contribution in [-0.2, 0) is 19.5 Å². The van der Waals surface area contributed by atoms with E-state index < -0.39 is 13.3 Å². The highest BCUT2D eigenvalue weighted by Gasteiger charge is 2.43. The molecule has 15 nitrogen and oxygen atoms in total. The summed E-state index contributed by atoms with van der Waals surface area (Å²) in [7, 11) is 0. The predicted molar refractivity (Wildman–Crippen MR) is 249 cm³/mol. The molecule has 65 heavy (non-hydrogen) atoms. The molecule has 4 unspecified atom stereocenters. The highest BCUT2D eigenvalue weighted by atomic mass is 79.9. The first-order valence-corrected chi connectivity index (χ1v) is 23.6. The Kier molecular flexibility index (Phi) is 15.8. The number of alkyl halides is 2. The summed E-state index contributed by atoms with van der Waals surface area (Å²) < 4.78 is 39.9. The molecular formula is C43H46BrCl4F2N13O2. The number of halogens is 7. The van der Waals surface area contributed by atoms with Crippen LogP contribution < -0.4 is 25.0 Å². The molecule has 344 valence electrons. The Balaban J connectivity index is 0.000000147. The number of piperidine rings is 2. The number of benzene rings is 2. The number of anilines is 2. The maximum absolute atomic E-state index is 13.1. The van der Waals surface area contributed by atoms with Gasteiger partial charge in [-0.2, -0.15) is 25.3 Å². The molecule has 6 aromatic rings. The zero-order valence-electron chi connectivity index (χ0n) is 35.0. The minimum absolute atomic E-state index is 0.0918. The van der Waals surface area contributed by atoms with Gasteiger partial charge in [-0.25, -0.2) is 18.1 Å². The van der Waals surface area contributed by atoms with E-state index in [-0.39, 0.29) is 19.1 Å². The fraction of sp³-hybridized carbons (Fsp3) is 0.442. The second-order valence-electron chi connectivity index (χ2n) is 16.3. The smallest absolute Gasteiger partial charge is 0.321 e. The summed E-state index contributed by atoms with van der Waals surface area (Å²) in [6.45, 7) is 3.06. The molecule has 2 saturated carbocycles. The molecule has 6 heterocycles. The number of ether oxygens (including phenoxy) is 2. The van der Waals surface area contributed by atoms with Gasteiger partial charge in [-0.05, 0) is 108 Å². The summed E-state index contributed by atoms with van der Waals surface area (Å²) >= 11 is 26.9. The van der Waals surface area contributed by atoms with Crippen molar-refractivity contribution >= 4 is 73.7 Å². The number of hydrogen-bond acceptors (Lipinski definition) is 13. The van der Waals surface area contributed by atoms with Crippen molar-refractivity contribution in [2.75, 3.05) is 49.3 Å². The molecule has 22 heteroatoms. The van der Waals surface area contributed by atoms with E-state index in [1.54, 1.807) is 60.9 Å². The first kappa shape index (κ1) is 47.0. The van der Waals surface area contributed by atoms with Crippen LogP contribution in [0, 0.1) is 29.6 Å². The monoisotopic (exact) mass is 1030 g/mol. The van der Waals surface area contributed by atoms with E-state index in [2.05, 4.69) is 66.3 Å². The molecule has 4 bridgehead atoms. The van der Waals surface area contributed by atoms with Gasteiger partial charge in [0.1, 0.15) is 24.8 Å². The predicted octanol–water partition coefficient (Wildman–Crippen LogP) is 9.60. The minimum atomic E-state index is -0.541. The summed E-state index contributed by atoms with van der Waals surface area (Å²) in [5.74, 6) is 4.58. The quantitative estimate of drug-likeness (QED) is 0.123. The fourth-order valence-electron chi connectivity index (χ4n) is 9.21. The molecule has 0 spiro atoms. The number of aromatic nitrogens is 10. The molecule has 4 atom stereocenters. The van der Waals surface area contributed by atoms with Gasteiger partial charge in [-0.3, -0.25) is 0 Å². The van der Waals surface area contributed by atoms with Gasteiger partial charge >= 0.3 is 12.0 Å². The van der Waals surface area contributed by atoms with Crippen LogP contribution in [0.3, 0.4) is 0 Å². The van der Waals surface area contributed by atoms with E-state index in [4.69, 9.17) is 61.6 Å². The van der Waals surface area contributed by atoms with Crippen molar-refractivity contribution < 1.29 is 18.3 Å². The Bertz CT molecular complexity index is 2500. The van der Waals surface area contributed by atoms with Crippen molar-refractivity contribution in [3.63, 3.8) is 0 Å². The standard InChI is InChI=1S/C22H23Cl2FN6O.C11H15ClN4.C10H8BrClFN3O/c23-16-2-1-3-18(8-16)32-22-27-21(29-31(22)7-6-25)10-19-14-4-5-15(19)13-30(12-14)17-9-20(24)28-26-11-17;12-10-3-9(4-14-15-10)16-5-7-1-2-8(6-16)11(7)13;11-9-14-10(16(15-9)5-4-13)17-8-3-1-2-7(12)6-8/h1-3,8-9,11,14-15,19H,4-7,10,12-13H2;3-4,7-8,11H,1-2,5-6,13H2;1-3,6H,4-5H2. The first-order chi connectivity index (χ1) is 31.5. The average Bonchev–Trinajstić information content (AvgIpc) is 3.93. The van der Waals surface area contributed by atoms with Crippen LogP contribution in [0.2, 0.25) is 20.4 Å². The summed E-state index contributed by atoms with van der Waals surface area (Å²) in [5, 5.41) is 26.0. The van der Waals surface area contributed by atoms with Crippen LogP contribution in [-0.4, -0.2) is 95.5 Å². The summed E-state index contributed by atoms with van der Waals surface area (Å²) in [6, 6.07) is 18.6. The average molecular weight is 1040 g/mol. The molecule has 4 aromatic heterocycles. The topological polar surface area (TPSA) is 164 Å². The van der Waals surface area contributed by atoms with E-state index in [0.717, 1.165) is 44.0 Å². The molecule has 0 radical (unpaired) electrons.